The number of nitrogens with one attached hydrogen (secondary N) is 1. The molecule has 1 aromatic carbocycles. The SMILES string of the molecule is C=C(NC1CCCCC1)O/C(=N\N)c1nc(-c2ccc(C(=O)N(C)C)cc2)cnc1N. The van der Waals surface area contributed by atoms with Crippen molar-refractivity contribution in [2.24, 2.45) is 10.9 Å². The maximum atomic E-state index is 12.1. The van der Waals surface area contributed by atoms with Gasteiger partial charge < -0.3 is 26.5 Å². The fourth-order valence-corrected chi connectivity index (χ4v) is 3.49. The van der Waals surface area contributed by atoms with Crippen LogP contribution in [0.25, 0.3) is 11.3 Å². The lowest BCUT2D eigenvalue weighted by atomic mass is 9.96. The number of amides is 1. The van der Waals surface area contributed by atoms with Gasteiger partial charge in [0.25, 0.3) is 11.8 Å². The summed E-state index contributed by atoms with van der Waals surface area (Å²) >= 11 is 0. The predicted molar refractivity (Wildman–Crippen MR) is 121 cm³/mol. The lowest BCUT2D eigenvalue weighted by Crippen LogP contribution is -2.32. The normalized spacial score (nSPS) is 14.7. The fourth-order valence-electron chi connectivity index (χ4n) is 3.49. The molecule has 9 heteroatoms. The van der Waals surface area contributed by atoms with E-state index < -0.39 is 0 Å². The van der Waals surface area contributed by atoms with E-state index in [1.165, 1.54) is 24.2 Å². The summed E-state index contributed by atoms with van der Waals surface area (Å²) in [6, 6.07) is 7.38. The third-order valence-electron chi connectivity index (χ3n) is 5.14. The van der Waals surface area contributed by atoms with Crippen molar-refractivity contribution in [1.82, 2.24) is 20.2 Å². The van der Waals surface area contributed by atoms with E-state index in [1.54, 1.807) is 44.6 Å². The summed E-state index contributed by atoms with van der Waals surface area (Å²) in [4.78, 5) is 22.3. The zero-order chi connectivity index (χ0) is 22.4. The minimum atomic E-state index is -0.0782. The highest BCUT2D eigenvalue weighted by atomic mass is 16.5. The van der Waals surface area contributed by atoms with Crippen molar-refractivity contribution in [2.45, 2.75) is 38.1 Å². The second-order valence-corrected chi connectivity index (χ2v) is 7.70. The van der Waals surface area contributed by atoms with E-state index in [0.29, 0.717) is 23.2 Å². The number of carbonyl (C=O) groups excluding carboxylic acids is 1. The summed E-state index contributed by atoms with van der Waals surface area (Å²) in [5.74, 6) is 5.98. The first kappa shape index (κ1) is 22.1. The van der Waals surface area contributed by atoms with E-state index in [9.17, 15) is 4.79 Å². The van der Waals surface area contributed by atoms with Gasteiger partial charge in [0, 0.05) is 31.3 Å². The summed E-state index contributed by atoms with van der Waals surface area (Å²) in [5.41, 5.74) is 8.12. The number of hydrazone groups is 1. The predicted octanol–water partition coefficient (Wildman–Crippen LogP) is 2.46. The first-order valence-electron chi connectivity index (χ1n) is 10.2. The number of hydrogen-bond acceptors (Lipinski definition) is 8. The number of anilines is 1. The number of hydrogen-bond donors (Lipinski definition) is 3. The van der Waals surface area contributed by atoms with Gasteiger partial charge >= 0.3 is 0 Å². The maximum absolute atomic E-state index is 12.1. The number of nitrogen functional groups attached to an aromatic ring is 1. The van der Waals surface area contributed by atoms with Crippen LogP contribution in [0.2, 0.25) is 0 Å². The molecular formula is C22H29N7O2. The Labute approximate surface area is 182 Å². The largest absolute Gasteiger partial charge is 0.420 e. The number of aromatic nitrogens is 2. The van der Waals surface area contributed by atoms with Gasteiger partial charge in [0.1, 0.15) is 0 Å². The van der Waals surface area contributed by atoms with Crippen molar-refractivity contribution in [3.8, 4) is 11.3 Å². The van der Waals surface area contributed by atoms with Crippen LogP contribution in [0, 0.1) is 0 Å². The van der Waals surface area contributed by atoms with Gasteiger partial charge in [-0.2, -0.15) is 0 Å². The average molecular weight is 424 g/mol. The molecule has 1 aromatic heterocycles. The Kier molecular flexibility index (Phi) is 7.07. The standard InChI is InChI=1S/C22H29N7O2/c1-14(26-17-7-5-4-6-8-17)31-21(28-24)19-20(23)25-13-18(27-19)15-9-11-16(12-10-15)22(30)29(2)3/h9-13,17,26H,1,4-8,24H2,2-3H3,(H2,23,25)/b28-21-. The van der Waals surface area contributed by atoms with Crippen LogP contribution in [0.4, 0.5) is 5.82 Å². The Bertz CT molecular complexity index is 964. The summed E-state index contributed by atoms with van der Waals surface area (Å²) in [7, 11) is 3.41. The molecule has 3 rings (SSSR count). The van der Waals surface area contributed by atoms with Crippen molar-refractivity contribution in [2.75, 3.05) is 19.8 Å². The minimum absolute atomic E-state index is 0.0274. The lowest BCUT2D eigenvalue weighted by Gasteiger charge is -2.24. The first-order chi connectivity index (χ1) is 14.9. The summed E-state index contributed by atoms with van der Waals surface area (Å²) in [6.07, 6.45) is 7.31. The maximum Gasteiger partial charge on any atom is 0.267 e. The van der Waals surface area contributed by atoms with Crippen molar-refractivity contribution in [1.29, 1.82) is 0 Å². The molecule has 0 atom stereocenters. The molecule has 0 unspecified atom stereocenters. The molecule has 2 aromatic rings. The second-order valence-electron chi connectivity index (χ2n) is 7.70. The second kappa shape index (κ2) is 9.92. The third kappa shape index (κ3) is 5.50. The fraction of sp³-hybridized carbons (Fsp3) is 0.364. The summed E-state index contributed by atoms with van der Waals surface area (Å²) < 4.78 is 5.72. The van der Waals surface area contributed by atoms with E-state index in [-0.39, 0.29) is 23.3 Å². The molecule has 0 aliphatic heterocycles. The van der Waals surface area contributed by atoms with E-state index in [1.807, 2.05) is 0 Å². The molecule has 164 valence electrons. The van der Waals surface area contributed by atoms with Crippen LogP contribution in [-0.4, -0.2) is 46.8 Å². The molecule has 1 fully saturated rings. The molecule has 1 amide bonds. The van der Waals surface area contributed by atoms with Crippen LogP contribution in [-0.2, 0) is 4.74 Å². The first-order valence-corrected chi connectivity index (χ1v) is 10.2. The van der Waals surface area contributed by atoms with Gasteiger partial charge in [-0.1, -0.05) is 31.4 Å². The number of benzene rings is 1. The average Bonchev–Trinajstić information content (AvgIpc) is 2.78. The van der Waals surface area contributed by atoms with Gasteiger partial charge in [-0.3, -0.25) is 4.79 Å². The van der Waals surface area contributed by atoms with Crippen molar-refractivity contribution < 1.29 is 9.53 Å². The quantitative estimate of drug-likeness (QED) is 0.214. The Morgan fingerprint density at radius 3 is 2.52 bits per heavy atom. The smallest absolute Gasteiger partial charge is 0.267 e. The lowest BCUT2D eigenvalue weighted by molar-refractivity contribution is 0.0827. The van der Waals surface area contributed by atoms with Gasteiger partial charge in [0.15, 0.2) is 17.4 Å². The monoisotopic (exact) mass is 423 g/mol. The van der Waals surface area contributed by atoms with Crippen LogP contribution in [0.15, 0.2) is 48.0 Å². The molecule has 0 radical (unpaired) electrons. The molecule has 1 heterocycles. The molecule has 1 aliphatic rings. The summed E-state index contributed by atoms with van der Waals surface area (Å²) in [5, 5.41) is 6.97. The number of nitrogens with two attached hydrogens (primary N) is 2. The zero-order valence-corrected chi connectivity index (χ0v) is 18.0. The Balaban J connectivity index is 1.77. The van der Waals surface area contributed by atoms with Gasteiger partial charge in [0.2, 0.25) is 0 Å². The molecule has 1 aliphatic carbocycles. The summed E-state index contributed by atoms with van der Waals surface area (Å²) in [6.45, 7) is 3.92. The highest BCUT2D eigenvalue weighted by molar-refractivity contribution is 5.97. The van der Waals surface area contributed by atoms with Crippen LogP contribution in [0.5, 0.6) is 0 Å². The Hall–Kier alpha value is -3.62. The Morgan fingerprint density at radius 1 is 1.23 bits per heavy atom. The zero-order valence-electron chi connectivity index (χ0n) is 18.0. The van der Waals surface area contributed by atoms with Crippen LogP contribution < -0.4 is 16.9 Å². The van der Waals surface area contributed by atoms with E-state index in [2.05, 4.69) is 27.0 Å². The number of carbonyl (C=O) groups is 1. The van der Waals surface area contributed by atoms with Gasteiger partial charge in [-0.05, 0) is 31.6 Å². The minimum Gasteiger partial charge on any atom is -0.420 e. The molecule has 31 heavy (non-hydrogen) atoms. The van der Waals surface area contributed by atoms with Gasteiger partial charge in [-0.25, -0.2) is 9.97 Å². The Morgan fingerprint density at radius 2 is 1.90 bits per heavy atom. The molecule has 0 spiro atoms. The molecule has 9 nitrogen and oxygen atoms in total. The highest BCUT2D eigenvalue weighted by Crippen LogP contribution is 2.21. The number of nitrogens with zero attached hydrogens (tertiary/aromatic N) is 4. The molecule has 1 saturated carbocycles. The van der Waals surface area contributed by atoms with Crippen LogP contribution in [0.3, 0.4) is 0 Å². The van der Waals surface area contributed by atoms with E-state index >= 15 is 0 Å². The molecule has 5 N–H and O–H groups in total. The topological polar surface area (TPSA) is 132 Å². The molecule has 0 saturated heterocycles. The van der Waals surface area contributed by atoms with Crippen molar-refractivity contribution in [3.05, 3.63) is 54.2 Å². The van der Waals surface area contributed by atoms with Crippen molar-refractivity contribution >= 4 is 17.6 Å². The van der Waals surface area contributed by atoms with Gasteiger partial charge in [0.05, 0.1) is 11.9 Å². The molecular weight excluding hydrogens is 394 g/mol. The molecule has 0 bridgehead atoms. The van der Waals surface area contributed by atoms with Crippen molar-refractivity contribution in [3.63, 3.8) is 0 Å². The third-order valence-corrected chi connectivity index (χ3v) is 5.14. The highest BCUT2D eigenvalue weighted by Gasteiger charge is 2.19. The van der Waals surface area contributed by atoms with Gasteiger partial charge in [-0.15, -0.1) is 5.10 Å². The van der Waals surface area contributed by atoms with E-state index in [4.69, 9.17) is 16.3 Å². The number of ether oxygens (including phenoxy) is 1. The van der Waals surface area contributed by atoms with Crippen LogP contribution >= 0.6 is 0 Å². The van der Waals surface area contributed by atoms with Crippen LogP contribution in [0.1, 0.15) is 48.2 Å². The number of rotatable bonds is 6. The van der Waals surface area contributed by atoms with E-state index in [0.717, 1.165) is 18.4 Å².